The average Bonchev–Trinajstić information content (AvgIpc) is 2.37. The number of nitrogens with one attached hydrogen (secondary N) is 1. The van der Waals surface area contributed by atoms with E-state index in [-0.39, 0.29) is 17.7 Å². The lowest BCUT2D eigenvalue weighted by Gasteiger charge is -2.20. The molecule has 0 spiro atoms. The van der Waals surface area contributed by atoms with Gasteiger partial charge in [0.2, 0.25) is 5.91 Å². The second-order valence-corrected chi connectivity index (χ2v) is 4.65. The number of benzene rings is 1. The van der Waals surface area contributed by atoms with Gasteiger partial charge in [0.25, 0.3) is 0 Å². The predicted octanol–water partition coefficient (Wildman–Crippen LogP) is 2.00. The Labute approximate surface area is 113 Å². The summed E-state index contributed by atoms with van der Waals surface area (Å²) in [6.45, 7) is 4.99. The van der Waals surface area contributed by atoms with Crippen LogP contribution in [0.25, 0.3) is 0 Å². The SMILES string of the molecule is CCN(C)C(=O)C(C)NCc1ccc(O)c(Cl)c1. The lowest BCUT2D eigenvalue weighted by atomic mass is 10.2. The number of halogens is 1. The molecule has 1 amide bonds. The molecular formula is C13H19ClN2O2. The zero-order valence-corrected chi connectivity index (χ0v) is 11.7. The van der Waals surface area contributed by atoms with E-state index in [4.69, 9.17) is 11.6 Å². The van der Waals surface area contributed by atoms with E-state index in [1.165, 1.54) is 0 Å². The monoisotopic (exact) mass is 270 g/mol. The van der Waals surface area contributed by atoms with Gasteiger partial charge in [0.1, 0.15) is 5.75 Å². The van der Waals surface area contributed by atoms with Crippen molar-refractivity contribution in [3.8, 4) is 5.75 Å². The van der Waals surface area contributed by atoms with Gasteiger partial charge in [0, 0.05) is 20.1 Å². The lowest BCUT2D eigenvalue weighted by Crippen LogP contribution is -2.42. The highest BCUT2D eigenvalue weighted by Crippen LogP contribution is 2.23. The Morgan fingerprint density at radius 2 is 2.22 bits per heavy atom. The summed E-state index contributed by atoms with van der Waals surface area (Å²) in [5, 5.41) is 12.7. The molecule has 5 heteroatoms. The minimum atomic E-state index is -0.248. The van der Waals surface area contributed by atoms with Gasteiger partial charge in [-0.1, -0.05) is 17.7 Å². The molecule has 0 aliphatic heterocycles. The Morgan fingerprint density at radius 3 is 2.78 bits per heavy atom. The minimum absolute atomic E-state index is 0.0578. The van der Waals surface area contributed by atoms with Gasteiger partial charge in [-0.05, 0) is 31.5 Å². The van der Waals surface area contributed by atoms with Crippen LogP contribution in [0.5, 0.6) is 5.75 Å². The van der Waals surface area contributed by atoms with Crippen molar-refractivity contribution in [1.82, 2.24) is 10.2 Å². The number of likely N-dealkylation sites (N-methyl/N-ethyl adjacent to an activating group) is 1. The maximum Gasteiger partial charge on any atom is 0.239 e. The second-order valence-electron chi connectivity index (χ2n) is 4.24. The number of amides is 1. The number of hydrogen-bond donors (Lipinski definition) is 2. The molecule has 1 rings (SSSR count). The number of nitrogens with zero attached hydrogens (tertiary/aromatic N) is 1. The van der Waals surface area contributed by atoms with E-state index >= 15 is 0 Å². The Kier molecular flexibility index (Phi) is 5.44. The molecule has 100 valence electrons. The molecule has 1 aromatic rings. The smallest absolute Gasteiger partial charge is 0.239 e. The molecule has 0 aliphatic rings. The number of carbonyl (C=O) groups excluding carboxylic acids is 1. The first-order chi connectivity index (χ1) is 8.45. The molecule has 1 aromatic carbocycles. The van der Waals surface area contributed by atoms with Crippen molar-refractivity contribution in [1.29, 1.82) is 0 Å². The Morgan fingerprint density at radius 1 is 1.56 bits per heavy atom. The second kappa shape index (κ2) is 6.61. The highest BCUT2D eigenvalue weighted by atomic mass is 35.5. The molecule has 0 fully saturated rings. The summed E-state index contributed by atoms with van der Waals surface area (Å²) in [5.74, 6) is 0.123. The molecule has 0 radical (unpaired) electrons. The number of rotatable bonds is 5. The van der Waals surface area contributed by atoms with E-state index in [0.717, 1.165) is 5.56 Å². The molecule has 0 saturated carbocycles. The average molecular weight is 271 g/mol. The van der Waals surface area contributed by atoms with Gasteiger partial charge in [-0.25, -0.2) is 0 Å². The van der Waals surface area contributed by atoms with Crippen molar-refractivity contribution in [3.63, 3.8) is 0 Å². The van der Waals surface area contributed by atoms with Crippen molar-refractivity contribution in [3.05, 3.63) is 28.8 Å². The van der Waals surface area contributed by atoms with Crippen LogP contribution < -0.4 is 5.32 Å². The Bertz CT molecular complexity index is 423. The van der Waals surface area contributed by atoms with Crippen LogP contribution in [0, 0.1) is 0 Å². The van der Waals surface area contributed by atoms with E-state index < -0.39 is 0 Å². The van der Waals surface area contributed by atoms with Gasteiger partial charge < -0.3 is 15.3 Å². The third-order valence-electron chi connectivity index (χ3n) is 2.85. The Balaban J connectivity index is 2.54. The van der Waals surface area contributed by atoms with Gasteiger partial charge in [0.05, 0.1) is 11.1 Å². The van der Waals surface area contributed by atoms with Crippen LogP contribution in [0.4, 0.5) is 0 Å². The zero-order valence-electron chi connectivity index (χ0n) is 10.9. The van der Waals surface area contributed by atoms with Crippen molar-refractivity contribution >= 4 is 17.5 Å². The van der Waals surface area contributed by atoms with Gasteiger partial charge >= 0.3 is 0 Å². The first-order valence-electron chi connectivity index (χ1n) is 5.91. The predicted molar refractivity (Wildman–Crippen MR) is 72.7 cm³/mol. The van der Waals surface area contributed by atoms with Gasteiger partial charge in [-0.15, -0.1) is 0 Å². The fraction of sp³-hybridized carbons (Fsp3) is 0.462. The van der Waals surface area contributed by atoms with Gasteiger partial charge in [-0.2, -0.15) is 0 Å². The molecule has 0 saturated heterocycles. The molecule has 0 aliphatic carbocycles. The summed E-state index contributed by atoms with van der Waals surface area (Å²) >= 11 is 5.81. The van der Waals surface area contributed by atoms with Gasteiger partial charge in [-0.3, -0.25) is 4.79 Å². The normalized spacial score (nSPS) is 12.2. The van der Waals surface area contributed by atoms with Crippen LogP contribution in [0.1, 0.15) is 19.4 Å². The van der Waals surface area contributed by atoms with Gasteiger partial charge in [0.15, 0.2) is 0 Å². The summed E-state index contributed by atoms with van der Waals surface area (Å²) in [6.07, 6.45) is 0. The molecule has 0 aromatic heterocycles. The maximum absolute atomic E-state index is 11.8. The van der Waals surface area contributed by atoms with E-state index in [0.29, 0.717) is 18.1 Å². The van der Waals surface area contributed by atoms with Crippen LogP contribution in [0.2, 0.25) is 5.02 Å². The quantitative estimate of drug-likeness (QED) is 0.861. The summed E-state index contributed by atoms with van der Waals surface area (Å²) in [5.41, 5.74) is 0.927. The summed E-state index contributed by atoms with van der Waals surface area (Å²) in [6, 6.07) is 4.76. The van der Waals surface area contributed by atoms with Crippen LogP contribution >= 0.6 is 11.6 Å². The molecule has 4 nitrogen and oxygen atoms in total. The van der Waals surface area contributed by atoms with E-state index in [1.807, 2.05) is 13.8 Å². The molecule has 18 heavy (non-hydrogen) atoms. The molecule has 0 bridgehead atoms. The number of phenolic OH excluding ortho intramolecular Hbond substituents is 1. The van der Waals surface area contributed by atoms with Crippen LogP contribution in [0.15, 0.2) is 18.2 Å². The van der Waals surface area contributed by atoms with Crippen molar-refractivity contribution in [2.75, 3.05) is 13.6 Å². The number of carbonyl (C=O) groups is 1. The minimum Gasteiger partial charge on any atom is -0.506 e. The number of phenols is 1. The van der Waals surface area contributed by atoms with Crippen LogP contribution in [-0.4, -0.2) is 35.5 Å². The summed E-state index contributed by atoms with van der Waals surface area (Å²) in [4.78, 5) is 13.5. The molecular weight excluding hydrogens is 252 g/mol. The number of aromatic hydroxyl groups is 1. The summed E-state index contributed by atoms with van der Waals surface area (Å²) < 4.78 is 0. The van der Waals surface area contributed by atoms with E-state index in [9.17, 15) is 9.90 Å². The fourth-order valence-electron chi connectivity index (χ4n) is 1.51. The first-order valence-corrected chi connectivity index (χ1v) is 6.29. The number of hydrogen-bond acceptors (Lipinski definition) is 3. The van der Waals surface area contributed by atoms with Crippen molar-refractivity contribution in [2.24, 2.45) is 0 Å². The van der Waals surface area contributed by atoms with Crippen molar-refractivity contribution in [2.45, 2.75) is 26.4 Å². The zero-order chi connectivity index (χ0) is 13.7. The van der Waals surface area contributed by atoms with Crippen LogP contribution in [0.3, 0.4) is 0 Å². The fourth-order valence-corrected chi connectivity index (χ4v) is 1.71. The maximum atomic E-state index is 11.8. The molecule has 1 unspecified atom stereocenters. The first kappa shape index (κ1) is 14.8. The van der Waals surface area contributed by atoms with E-state index in [2.05, 4.69) is 5.32 Å². The van der Waals surface area contributed by atoms with Crippen LogP contribution in [-0.2, 0) is 11.3 Å². The third kappa shape index (κ3) is 3.89. The van der Waals surface area contributed by atoms with E-state index in [1.54, 1.807) is 30.1 Å². The third-order valence-corrected chi connectivity index (χ3v) is 3.15. The summed E-state index contributed by atoms with van der Waals surface area (Å²) in [7, 11) is 1.78. The largest absolute Gasteiger partial charge is 0.506 e. The molecule has 2 N–H and O–H groups in total. The molecule has 0 heterocycles. The Hall–Kier alpha value is -1.26. The standard InChI is InChI=1S/C13H19ClN2O2/c1-4-16(3)13(18)9(2)15-8-10-5-6-12(17)11(14)7-10/h5-7,9,15,17H,4,8H2,1-3H3. The lowest BCUT2D eigenvalue weighted by molar-refractivity contribution is -0.131. The highest BCUT2D eigenvalue weighted by molar-refractivity contribution is 6.32. The molecule has 1 atom stereocenters. The van der Waals surface area contributed by atoms with Crippen molar-refractivity contribution < 1.29 is 9.90 Å². The topological polar surface area (TPSA) is 52.6 Å². The highest BCUT2D eigenvalue weighted by Gasteiger charge is 2.15.